The van der Waals surface area contributed by atoms with Crippen molar-refractivity contribution >= 4 is 11.6 Å². The smallest absolute Gasteiger partial charge is 0.0477 e. The molecule has 0 aliphatic carbocycles. The first-order chi connectivity index (χ1) is 7.31. The number of piperidine rings is 1. The molecule has 0 amide bonds. The monoisotopic (exact) mass is 225 g/mol. The zero-order valence-electron chi connectivity index (χ0n) is 8.62. The first-order valence-electron chi connectivity index (χ1n) is 5.38. The summed E-state index contributed by atoms with van der Waals surface area (Å²) in [7, 11) is 0. The number of halogens is 1. The topological polar surface area (TPSA) is 32.3 Å². The first kappa shape index (κ1) is 10.9. The van der Waals surface area contributed by atoms with Crippen molar-refractivity contribution in [1.29, 1.82) is 0 Å². The van der Waals surface area contributed by atoms with Crippen LogP contribution in [0.4, 0.5) is 0 Å². The molecule has 1 fully saturated rings. The number of rotatable bonds is 2. The molecule has 1 aliphatic heterocycles. The van der Waals surface area contributed by atoms with Gasteiger partial charge in [-0.1, -0.05) is 23.7 Å². The average molecular weight is 226 g/mol. The Morgan fingerprint density at radius 3 is 2.73 bits per heavy atom. The second kappa shape index (κ2) is 4.97. The van der Waals surface area contributed by atoms with Crippen LogP contribution in [0.3, 0.4) is 0 Å². The maximum Gasteiger partial charge on any atom is 0.0477 e. The van der Waals surface area contributed by atoms with E-state index in [9.17, 15) is 5.11 Å². The minimum Gasteiger partial charge on any atom is -0.396 e. The standard InChI is InChI=1S/C12H16ClNO/c13-11-3-1-9(2-4-11)12-5-6-14-7-10(12)8-15/h1-4,10,12,14-15H,5-8H2/t10-,12-/m0/s1. The lowest BCUT2D eigenvalue weighted by Crippen LogP contribution is -2.37. The quantitative estimate of drug-likeness (QED) is 0.807. The van der Waals surface area contributed by atoms with E-state index in [4.69, 9.17) is 11.6 Å². The fourth-order valence-corrected chi connectivity index (χ4v) is 2.39. The summed E-state index contributed by atoms with van der Waals surface area (Å²) in [6.45, 7) is 2.19. The van der Waals surface area contributed by atoms with Crippen molar-refractivity contribution in [2.75, 3.05) is 19.7 Å². The fraction of sp³-hybridized carbons (Fsp3) is 0.500. The highest BCUT2D eigenvalue weighted by atomic mass is 35.5. The Labute approximate surface area is 95.3 Å². The molecule has 0 bridgehead atoms. The summed E-state index contributed by atoms with van der Waals surface area (Å²) in [6.07, 6.45) is 1.09. The Kier molecular flexibility index (Phi) is 3.62. The fourth-order valence-electron chi connectivity index (χ4n) is 2.26. The van der Waals surface area contributed by atoms with Crippen molar-refractivity contribution in [3.05, 3.63) is 34.9 Å². The highest BCUT2D eigenvalue weighted by molar-refractivity contribution is 6.30. The summed E-state index contributed by atoms with van der Waals surface area (Å²) < 4.78 is 0. The molecule has 1 aliphatic rings. The molecule has 1 aromatic carbocycles. The Morgan fingerprint density at radius 2 is 2.07 bits per heavy atom. The van der Waals surface area contributed by atoms with Gasteiger partial charge in [0.2, 0.25) is 0 Å². The zero-order chi connectivity index (χ0) is 10.7. The molecule has 0 spiro atoms. The van der Waals surface area contributed by atoms with Crippen LogP contribution in [0.25, 0.3) is 0 Å². The van der Waals surface area contributed by atoms with Gasteiger partial charge < -0.3 is 10.4 Å². The van der Waals surface area contributed by atoms with Gasteiger partial charge in [-0.25, -0.2) is 0 Å². The molecule has 0 radical (unpaired) electrons. The third kappa shape index (κ3) is 2.51. The molecule has 2 N–H and O–H groups in total. The van der Waals surface area contributed by atoms with Crippen LogP contribution in [0.5, 0.6) is 0 Å². The molecule has 2 atom stereocenters. The molecule has 1 heterocycles. The maximum atomic E-state index is 9.31. The molecular formula is C12H16ClNO. The minimum atomic E-state index is 0.250. The van der Waals surface area contributed by atoms with Crippen LogP contribution < -0.4 is 5.32 Å². The average Bonchev–Trinajstić information content (AvgIpc) is 2.30. The summed E-state index contributed by atoms with van der Waals surface area (Å²) >= 11 is 5.86. The van der Waals surface area contributed by atoms with Gasteiger partial charge in [0.25, 0.3) is 0 Å². The lowest BCUT2D eigenvalue weighted by atomic mass is 9.82. The van der Waals surface area contributed by atoms with Gasteiger partial charge in [0, 0.05) is 24.1 Å². The molecule has 2 nitrogen and oxygen atoms in total. The summed E-state index contributed by atoms with van der Waals surface area (Å²) in [4.78, 5) is 0. The predicted molar refractivity (Wildman–Crippen MR) is 62.3 cm³/mol. The largest absolute Gasteiger partial charge is 0.396 e. The Morgan fingerprint density at radius 1 is 1.33 bits per heavy atom. The summed E-state index contributed by atoms with van der Waals surface area (Å²) in [6, 6.07) is 7.99. The number of hydrogen-bond donors (Lipinski definition) is 2. The van der Waals surface area contributed by atoms with Crippen LogP contribution >= 0.6 is 11.6 Å². The van der Waals surface area contributed by atoms with E-state index in [1.54, 1.807) is 0 Å². The highest BCUT2D eigenvalue weighted by Crippen LogP contribution is 2.30. The normalized spacial score (nSPS) is 26.5. The van der Waals surface area contributed by atoms with E-state index in [1.807, 2.05) is 12.1 Å². The van der Waals surface area contributed by atoms with Gasteiger partial charge in [0.1, 0.15) is 0 Å². The van der Waals surface area contributed by atoms with Crippen molar-refractivity contribution < 1.29 is 5.11 Å². The number of nitrogens with one attached hydrogen (secondary N) is 1. The highest BCUT2D eigenvalue weighted by Gasteiger charge is 2.25. The molecular weight excluding hydrogens is 210 g/mol. The molecule has 0 unspecified atom stereocenters. The summed E-state index contributed by atoms with van der Waals surface area (Å²) in [5.41, 5.74) is 1.29. The molecule has 3 heteroatoms. The number of benzene rings is 1. The van der Waals surface area contributed by atoms with Gasteiger partial charge >= 0.3 is 0 Å². The van der Waals surface area contributed by atoms with Crippen molar-refractivity contribution in [3.8, 4) is 0 Å². The Balaban J connectivity index is 2.16. The van der Waals surface area contributed by atoms with Crippen molar-refractivity contribution in [2.45, 2.75) is 12.3 Å². The van der Waals surface area contributed by atoms with Gasteiger partial charge in [-0.2, -0.15) is 0 Å². The van der Waals surface area contributed by atoms with E-state index < -0.39 is 0 Å². The van der Waals surface area contributed by atoms with E-state index in [0.717, 1.165) is 24.5 Å². The first-order valence-corrected chi connectivity index (χ1v) is 5.76. The molecule has 2 rings (SSSR count). The molecule has 0 saturated carbocycles. The second-order valence-corrected chi connectivity index (χ2v) is 4.53. The van der Waals surface area contributed by atoms with Gasteiger partial charge in [-0.15, -0.1) is 0 Å². The molecule has 0 aromatic heterocycles. The van der Waals surface area contributed by atoms with Crippen LogP contribution in [0.2, 0.25) is 5.02 Å². The second-order valence-electron chi connectivity index (χ2n) is 4.09. The maximum absolute atomic E-state index is 9.31. The Hall–Kier alpha value is -0.570. The molecule has 1 aromatic rings. The van der Waals surface area contributed by atoms with E-state index in [2.05, 4.69) is 17.4 Å². The molecule has 15 heavy (non-hydrogen) atoms. The van der Waals surface area contributed by atoms with Crippen molar-refractivity contribution in [2.24, 2.45) is 5.92 Å². The predicted octanol–water partition coefficient (Wildman–Crippen LogP) is 2.03. The number of aliphatic hydroxyl groups is 1. The number of aliphatic hydroxyl groups excluding tert-OH is 1. The van der Waals surface area contributed by atoms with Crippen molar-refractivity contribution in [3.63, 3.8) is 0 Å². The van der Waals surface area contributed by atoms with E-state index in [0.29, 0.717) is 11.8 Å². The molecule has 1 saturated heterocycles. The van der Waals surface area contributed by atoms with Gasteiger partial charge in [0.05, 0.1) is 0 Å². The van der Waals surface area contributed by atoms with Crippen LogP contribution in [0.15, 0.2) is 24.3 Å². The van der Waals surface area contributed by atoms with Crippen LogP contribution in [-0.4, -0.2) is 24.8 Å². The van der Waals surface area contributed by atoms with Gasteiger partial charge in [-0.3, -0.25) is 0 Å². The van der Waals surface area contributed by atoms with Gasteiger partial charge in [0.15, 0.2) is 0 Å². The van der Waals surface area contributed by atoms with E-state index in [-0.39, 0.29) is 6.61 Å². The number of hydrogen-bond acceptors (Lipinski definition) is 2. The van der Waals surface area contributed by atoms with Crippen LogP contribution in [0.1, 0.15) is 17.9 Å². The summed E-state index contributed by atoms with van der Waals surface area (Å²) in [5, 5.41) is 13.4. The van der Waals surface area contributed by atoms with Crippen LogP contribution in [-0.2, 0) is 0 Å². The minimum absolute atomic E-state index is 0.250. The van der Waals surface area contributed by atoms with Crippen LogP contribution in [0, 0.1) is 5.92 Å². The third-order valence-electron chi connectivity index (χ3n) is 3.14. The summed E-state index contributed by atoms with van der Waals surface area (Å²) in [5.74, 6) is 0.799. The van der Waals surface area contributed by atoms with E-state index >= 15 is 0 Å². The third-order valence-corrected chi connectivity index (χ3v) is 3.39. The van der Waals surface area contributed by atoms with Crippen molar-refractivity contribution in [1.82, 2.24) is 5.32 Å². The Bertz CT molecular complexity index is 312. The SMILES string of the molecule is OC[C@@H]1CNCC[C@H]1c1ccc(Cl)cc1. The lowest BCUT2D eigenvalue weighted by molar-refractivity contribution is 0.179. The molecule has 82 valence electrons. The lowest BCUT2D eigenvalue weighted by Gasteiger charge is -2.31. The zero-order valence-corrected chi connectivity index (χ0v) is 9.37. The van der Waals surface area contributed by atoms with E-state index in [1.165, 1.54) is 5.56 Å². The van der Waals surface area contributed by atoms with Gasteiger partial charge in [-0.05, 0) is 36.6 Å².